The van der Waals surface area contributed by atoms with E-state index < -0.39 is 0 Å². The molecule has 0 fully saturated rings. The summed E-state index contributed by atoms with van der Waals surface area (Å²) >= 11 is 6.98. The molecule has 1 N–H and O–H groups in total. The third-order valence-corrected chi connectivity index (χ3v) is 3.94. The van der Waals surface area contributed by atoms with Gasteiger partial charge in [-0.1, -0.05) is 0 Å². The van der Waals surface area contributed by atoms with Crippen LogP contribution in [-0.4, -0.2) is 33.7 Å². The molecule has 0 aliphatic rings. The second-order valence-electron chi connectivity index (χ2n) is 4.10. The fraction of sp³-hybridized carbons (Fsp3) is 0.538. The predicted octanol–water partition coefficient (Wildman–Crippen LogP) is 3.32. The Bertz CT molecular complexity index is 388. The van der Waals surface area contributed by atoms with Gasteiger partial charge >= 0.3 is 0 Å². The Hall–Kier alpha value is -0.140. The van der Waals surface area contributed by atoms with E-state index in [0.29, 0.717) is 6.54 Å². The van der Waals surface area contributed by atoms with Crippen molar-refractivity contribution in [1.29, 1.82) is 0 Å². The number of ether oxygens (including phenoxy) is 3. The number of hydrogen-bond acceptors (Lipinski definition) is 4. The van der Waals surface area contributed by atoms with E-state index in [2.05, 4.69) is 37.2 Å². The fourth-order valence-electron chi connectivity index (χ4n) is 1.79. The number of halogens is 2. The first-order valence-electron chi connectivity index (χ1n) is 5.84. The summed E-state index contributed by atoms with van der Waals surface area (Å²) in [7, 11) is 4.91. The highest BCUT2D eigenvalue weighted by molar-refractivity contribution is 9.11. The average molecular weight is 397 g/mol. The van der Waals surface area contributed by atoms with E-state index in [0.717, 1.165) is 20.3 Å². The summed E-state index contributed by atoms with van der Waals surface area (Å²) in [5.41, 5.74) is 1.14. The molecule has 19 heavy (non-hydrogen) atoms. The molecule has 1 rings (SSSR count). The van der Waals surface area contributed by atoms with Gasteiger partial charge in [0.15, 0.2) is 6.29 Å². The molecule has 0 heterocycles. The molecule has 6 heteroatoms. The van der Waals surface area contributed by atoms with Gasteiger partial charge in [-0.3, -0.25) is 0 Å². The van der Waals surface area contributed by atoms with Crippen LogP contribution in [0.4, 0.5) is 0 Å². The highest BCUT2D eigenvalue weighted by Gasteiger charge is 2.15. The van der Waals surface area contributed by atoms with E-state index in [4.69, 9.17) is 14.2 Å². The molecule has 0 aliphatic carbocycles. The first kappa shape index (κ1) is 16.9. The van der Waals surface area contributed by atoms with Crippen molar-refractivity contribution in [2.45, 2.75) is 25.8 Å². The summed E-state index contributed by atoms with van der Waals surface area (Å²) in [4.78, 5) is 0. The van der Waals surface area contributed by atoms with Crippen LogP contribution in [0.3, 0.4) is 0 Å². The van der Waals surface area contributed by atoms with Gasteiger partial charge in [-0.05, 0) is 56.5 Å². The Kier molecular flexibility index (Phi) is 7.31. The largest absolute Gasteiger partial charge is 0.494 e. The molecule has 0 spiro atoms. The SMILES string of the molecule is COc1c(Br)cc(CNC(C)C(OC)OC)cc1Br. The van der Waals surface area contributed by atoms with Crippen LogP contribution in [0, 0.1) is 0 Å². The maximum absolute atomic E-state index is 5.28. The van der Waals surface area contributed by atoms with Crippen molar-refractivity contribution < 1.29 is 14.2 Å². The van der Waals surface area contributed by atoms with Crippen molar-refractivity contribution in [3.63, 3.8) is 0 Å². The van der Waals surface area contributed by atoms with Gasteiger partial charge < -0.3 is 19.5 Å². The molecule has 0 amide bonds. The summed E-state index contributed by atoms with van der Waals surface area (Å²) in [6.07, 6.45) is -0.259. The minimum Gasteiger partial charge on any atom is -0.494 e. The number of hydrogen-bond donors (Lipinski definition) is 1. The van der Waals surface area contributed by atoms with Crippen molar-refractivity contribution in [2.75, 3.05) is 21.3 Å². The molecule has 0 radical (unpaired) electrons. The summed E-state index contributed by atoms with van der Waals surface area (Å²) in [6.45, 7) is 2.73. The molecule has 1 unspecified atom stereocenters. The molecule has 0 saturated carbocycles. The molecule has 1 aromatic rings. The second kappa shape index (κ2) is 8.21. The summed E-state index contributed by atoms with van der Waals surface area (Å²) in [6, 6.07) is 4.14. The lowest BCUT2D eigenvalue weighted by Crippen LogP contribution is -2.39. The van der Waals surface area contributed by atoms with Crippen molar-refractivity contribution in [3.05, 3.63) is 26.6 Å². The molecule has 108 valence electrons. The van der Waals surface area contributed by atoms with Crippen LogP contribution < -0.4 is 10.1 Å². The van der Waals surface area contributed by atoms with Gasteiger partial charge in [-0.25, -0.2) is 0 Å². The van der Waals surface area contributed by atoms with Crippen LogP contribution in [0.2, 0.25) is 0 Å². The summed E-state index contributed by atoms with van der Waals surface area (Å²) in [5, 5.41) is 3.36. The minimum atomic E-state index is -0.259. The zero-order valence-electron chi connectivity index (χ0n) is 11.5. The van der Waals surface area contributed by atoms with Crippen molar-refractivity contribution >= 4 is 31.9 Å². The van der Waals surface area contributed by atoms with Gasteiger partial charge in [0, 0.05) is 20.8 Å². The van der Waals surface area contributed by atoms with Crippen LogP contribution in [-0.2, 0) is 16.0 Å². The van der Waals surface area contributed by atoms with E-state index in [-0.39, 0.29) is 12.3 Å². The number of methoxy groups -OCH3 is 3. The maximum atomic E-state index is 5.28. The molecule has 0 bridgehead atoms. The van der Waals surface area contributed by atoms with Crippen LogP contribution in [0.15, 0.2) is 21.1 Å². The van der Waals surface area contributed by atoms with Gasteiger partial charge in [-0.15, -0.1) is 0 Å². The Balaban J connectivity index is 2.68. The molecule has 1 aromatic carbocycles. The van der Waals surface area contributed by atoms with E-state index in [9.17, 15) is 0 Å². The van der Waals surface area contributed by atoms with E-state index >= 15 is 0 Å². The summed E-state index contributed by atoms with van der Waals surface area (Å²) in [5.74, 6) is 0.795. The number of rotatable bonds is 7. The highest BCUT2D eigenvalue weighted by Crippen LogP contribution is 2.34. The molecule has 0 aliphatic heterocycles. The molecule has 0 aromatic heterocycles. The van der Waals surface area contributed by atoms with Crippen LogP contribution in [0.25, 0.3) is 0 Å². The number of nitrogens with one attached hydrogen (secondary N) is 1. The average Bonchev–Trinajstić information content (AvgIpc) is 2.37. The number of benzene rings is 1. The molecular formula is C13H19Br2NO3. The topological polar surface area (TPSA) is 39.7 Å². The first-order valence-corrected chi connectivity index (χ1v) is 7.43. The van der Waals surface area contributed by atoms with Gasteiger partial charge in [0.25, 0.3) is 0 Å². The third kappa shape index (κ3) is 4.72. The fourth-order valence-corrected chi connectivity index (χ4v) is 3.39. The van der Waals surface area contributed by atoms with E-state index in [1.165, 1.54) is 0 Å². The smallest absolute Gasteiger partial charge is 0.171 e. The van der Waals surface area contributed by atoms with E-state index in [1.54, 1.807) is 21.3 Å². The maximum Gasteiger partial charge on any atom is 0.171 e. The molecule has 4 nitrogen and oxygen atoms in total. The lowest BCUT2D eigenvalue weighted by atomic mass is 10.2. The molecule has 1 atom stereocenters. The predicted molar refractivity (Wildman–Crippen MR) is 82.5 cm³/mol. The zero-order chi connectivity index (χ0) is 14.4. The Morgan fingerprint density at radius 1 is 1.11 bits per heavy atom. The zero-order valence-corrected chi connectivity index (χ0v) is 14.7. The Morgan fingerprint density at radius 2 is 1.63 bits per heavy atom. The normalized spacial score (nSPS) is 12.8. The lowest BCUT2D eigenvalue weighted by molar-refractivity contribution is -0.119. The van der Waals surface area contributed by atoms with Gasteiger partial charge in [0.05, 0.1) is 22.1 Å². The summed E-state index contributed by atoms with van der Waals surface area (Å²) < 4.78 is 17.5. The van der Waals surface area contributed by atoms with Crippen molar-refractivity contribution in [1.82, 2.24) is 5.32 Å². The van der Waals surface area contributed by atoms with Crippen LogP contribution in [0.1, 0.15) is 12.5 Å². The highest BCUT2D eigenvalue weighted by atomic mass is 79.9. The van der Waals surface area contributed by atoms with Crippen molar-refractivity contribution in [3.8, 4) is 5.75 Å². The van der Waals surface area contributed by atoms with Crippen molar-refractivity contribution in [2.24, 2.45) is 0 Å². The van der Waals surface area contributed by atoms with Gasteiger partial charge in [0.1, 0.15) is 5.75 Å². The minimum absolute atomic E-state index is 0.0923. The second-order valence-corrected chi connectivity index (χ2v) is 5.81. The standard InChI is InChI=1S/C13H19Br2NO3/c1-8(13(18-3)19-4)16-7-9-5-10(14)12(17-2)11(15)6-9/h5-6,8,13,16H,7H2,1-4H3. The Morgan fingerprint density at radius 3 is 2.05 bits per heavy atom. The molecular weight excluding hydrogens is 378 g/mol. The lowest BCUT2D eigenvalue weighted by Gasteiger charge is -2.22. The monoisotopic (exact) mass is 395 g/mol. The van der Waals surface area contributed by atoms with E-state index in [1.807, 2.05) is 19.1 Å². The van der Waals surface area contributed by atoms with Gasteiger partial charge in [0.2, 0.25) is 0 Å². The van der Waals surface area contributed by atoms with Crippen LogP contribution >= 0.6 is 31.9 Å². The Labute approximate surface area is 131 Å². The first-order chi connectivity index (χ1) is 9.03. The quantitative estimate of drug-likeness (QED) is 0.717. The van der Waals surface area contributed by atoms with Gasteiger partial charge in [-0.2, -0.15) is 0 Å². The third-order valence-electron chi connectivity index (χ3n) is 2.76. The van der Waals surface area contributed by atoms with Crippen LogP contribution in [0.5, 0.6) is 5.75 Å². The molecule has 0 saturated heterocycles.